The first kappa shape index (κ1) is 27.3. The van der Waals surface area contributed by atoms with Crippen LogP contribution in [0.25, 0.3) is 0 Å². The van der Waals surface area contributed by atoms with Crippen LogP contribution in [0, 0.1) is 18.3 Å². The number of carbonyl (C=O) groups is 2. The number of dihydropyridines is 1. The zero-order chi connectivity index (χ0) is 27.2. The summed E-state index contributed by atoms with van der Waals surface area (Å²) in [5, 5.41) is 20.7. The van der Waals surface area contributed by atoms with Gasteiger partial charge in [0.15, 0.2) is 0 Å². The summed E-state index contributed by atoms with van der Waals surface area (Å²) in [6.45, 7) is 3.72. The van der Waals surface area contributed by atoms with Gasteiger partial charge in [-0.2, -0.15) is 5.26 Å². The number of amides is 2. The summed E-state index contributed by atoms with van der Waals surface area (Å²) in [7, 11) is 0. The summed E-state index contributed by atoms with van der Waals surface area (Å²) in [5.41, 5.74) is 4.14. The highest BCUT2D eigenvalue weighted by Gasteiger charge is 2.36. The number of allylic oxidation sites excluding steroid dienone is 2. The number of nitrogens with one attached hydrogen (secondary N) is 3. The number of nitriles is 1. The van der Waals surface area contributed by atoms with Gasteiger partial charge < -0.3 is 16.0 Å². The first-order chi connectivity index (χ1) is 18.3. The lowest BCUT2D eigenvalue weighted by Crippen LogP contribution is -2.31. The van der Waals surface area contributed by atoms with Crippen molar-refractivity contribution in [1.29, 1.82) is 5.26 Å². The van der Waals surface area contributed by atoms with E-state index in [1.54, 1.807) is 49.4 Å². The minimum absolute atomic E-state index is 0.0658. The Balaban J connectivity index is 1.64. The fraction of sp³-hybridized carbons (Fsp3) is 0.138. The Hall–Kier alpha value is -3.70. The number of hydrogen-bond donors (Lipinski definition) is 3. The van der Waals surface area contributed by atoms with E-state index in [0.717, 1.165) is 5.56 Å². The molecule has 0 fully saturated rings. The van der Waals surface area contributed by atoms with Crippen molar-refractivity contribution in [2.75, 3.05) is 16.4 Å². The molecule has 6 nitrogen and oxygen atoms in total. The number of nitrogens with zero attached hydrogens (tertiary/aromatic N) is 1. The standard InChI is InChI=1S/C29H24Cl2N4O2S/c1-17-6-5-7-21(14-17)34-25(36)16-38-29-23(15-32)27(22-8-3-4-9-24(22)31)26(18(2)33-29)28(37)35-20-12-10-19(30)11-13-20/h3-14,27,33H,16H2,1-2H3,(H,34,36)(H,35,37)/t27-/m0/s1. The smallest absolute Gasteiger partial charge is 0.254 e. The number of benzene rings is 3. The molecule has 3 aromatic carbocycles. The van der Waals surface area contributed by atoms with Crippen LogP contribution < -0.4 is 16.0 Å². The van der Waals surface area contributed by atoms with E-state index >= 15 is 0 Å². The predicted octanol–water partition coefficient (Wildman–Crippen LogP) is 7.01. The van der Waals surface area contributed by atoms with E-state index in [-0.39, 0.29) is 17.6 Å². The maximum absolute atomic E-state index is 13.5. The van der Waals surface area contributed by atoms with E-state index < -0.39 is 5.92 Å². The van der Waals surface area contributed by atoms with Crippen molar-refractivity contribution in [3.8, 4) is 6.07 Å². The van der Waals surface area contributed by atoms with Crippen LogP contribution in [-0.4, -0.2) is 17.6 Å². The molecule has 1 heterocycles. The molecule has 1 aliphatic rings. The molecule has 3 aromatic rings. The SMILES string of the molecule is CC1=C(C(=O)Nc2ccc(Cl)cc2)[C@@H](c2ccccc2Cl)C(C#N)=C(SCC(=O)Nc2cccc(C)c2)N1. The fourth-order valence-electron chi connectivity index (χ4n) is 4.14. The molecule has 192 valence electrons. The summed E-state index contributed by atoms with van der Waals surface area (Å²) in [6.07, 6.45) is 0. The minimum Gasteiger partial charge on any atom is -0.353 e. The highest BCUT2D eigenvalue weighted by atomic mass is 35.5. The van der Waals surface area contributed by atoms with Crippen molar-refractivity contribution in [2.24, 2.45) is 0 Å². The van der Waals surface area contributed by atoms with Gasteiger partial charge in [-0.25, -0.2) is 0 Å². The van der Waals surface area contributed by atoms with Crippen LogP contribution in [0.5, 0.6) is 0 Å². The molecule has 0 aliphatic carbocycles. The molecule has 38 heavy (non-hydrogen) atoms. The normalized spacial score (nSPS) is 15.0. The second-order valence-electron chi connectivity index (χ2n) is 8.64. The molecule has 9 heteroatoms. The first-order valence-corrected chi connectivity index (χ1v) is 13.4. The number of aryl methyl sites for hydroxylation is 1. The molecule has 0 aromatic heterocycles. The van der Waals surface area contributed by atoms with Crippen LogP contribution in [0.2, 0.25) is 10.0 Å². The van der Waals surface area contributed by atoms with Crippen LogP contribution in [0.3, 0.4) is 0 Å². The topological polar surface area (TPSA) is 94.0 Å². The van der Waals surface area contributed by atoms with Crippen molar-refractivity contribution in [2.45, 2.75) is 19.8 Å². The summed E-state index contributed by atoms with van der Waals surface area (Å²) >= 11 is 13.7. The van der Waals surface area contributed by atoms with Crippen molar-refractivity contribution in [3.63, 3.8) is 0 Å². The summed E-state index contributed by atoms with van der Waals surface area (Å²) in [6, 6.07) is 23.7. The molecule has 4 rings (SSSR count). The molecule has 0 bridgehead atoms. The van der Waals surface area contributed by atoms with Crippen molar-refractivity contribution < 1.29 is 9.59 Å². The quantitative estimate of drug-likeness (QED) is 0.288. The van der Waals surface area contributed by atoms with Gasteiger partial charge in [-0.3, -0.25) is 9.59 Å². The Bertz CT molecular complexity index is 1490. The Morgan fingerprint density at radius 2 is 1.71 bits per heavy atom. The number of carbonyl (C=O) groups excluding carboxylic acids is 2. The molecule has 0 unspecified atom stereocenters. The van der Waals surface area contributed by atoms with Gasteiger partial charge in [0.1, 0.15) is 0 Å². The zero-order valence-electron chi connectivity index (χ0n) is 20.6. The highest BCUT2D eigenvalue weighted by molar-refractivity contribution is 8.03. The number of thioether (sulfide) groups is 1. The van der Waals surface area contributed by atoms with Crippen LogP contribution in [0.1, 0.15) is 24.0 Å². The highest BCUT2D eigenvalue weighted by Crippen LogP contribution is 2.43. The second kappa shape index (κ2) is 12.2. The van der Waals surface area contributed by atoms with Gasteiger partial charge in [0.2, 0.25) is 5.91 Å². The van der Waals surface area contributed by atoms with Crippen molar-refractivity contribution in [3.05, 3.63) is 116 Å². The number of halogens is 2. The summed E-state index contributed by atoms with van der Waals surface area (Å²) < 4.78 is 0. The van der Waals surface area contributed by atoms with Gasteiger partial charge >= 0.3 is 0 Å². The largest absolute Gasteiger partial charge is 0.353 e. The lowest BCUT2D eigenvalue weighted by atomic mass is 9.82. The third-order valence-corrected chi connectivity index (χ3v) is 7.47. The average molecular weight is 564 g/mol. The van der Waals surface area contributed by atoms with E-state index in [0.29, 0.717) is 48.9 Å². The lowest BCUT2D eigenvalue weighted by Gasteiger charge is -2.30. The van der Waals surface area contributed by atoms with Gasteiger partial charge in [-0.1, -0.05) is 65.3 Å². The Morgan fingerprint density at radius 3 is 2.39 bits per heavy atom. The average Bonchev–Trinajstić information content (AvgIpc) is 2.88. The molecule has 0 radical (unpaired) electrons. The van der Waals surface area contributed by atoms with Gasteiger partial charge in [-0.15, -0.1) is 0 Å². The predicted molar refractivity (Wildman–Crippen MR) is 155 cm³/mol. The molecule has 2 amide bonds. The maximum atomic E-state index is 13.5. The first-order valence-electron chi connectivity index (χ1n) is 11.7. The number of anilines is 2. The zero-order valence-corrected chi connectivity index (χ0v) is 23.0. The third-order valence-electron chi connectivity index (χ3n) is 5.86. The molecule has 1 atom stereocenters. The van der Waals surface area contributed by atoms with Crippen LogP contribution in [-0.2, 0) is 9.59 Å². The van der Waals surface area contributed by atoms with Crippen molar-refractivity contribution in [1.82, 2.24) is 5.32 Å². The molecule has 1 aliphatic heterocycles. The van der Waals surface area contributed by atoms with Crippen LogP contribution >= 0.6 is 35.0 Å². The second-order valence-corrected chi connectivity index (χ2v) is 10.5. The van der Waals surface area contributed by atoms with Crippen molar-refractivity contribution >= 4 is 58.2 Å². The maximum Gasteiger partial charge on any atom is 0.254 e. The van der Waals surface area contributed by atoms with E-state index in [9.17, 15) is 14.9 Å². The molecular weight excluding hydrogens is 539 g/mol. The van der Waals surface area contributed by atoms with E-state index in [1.807, 2.05) is 37.3 Å². The monoisotopic (exact) mass is 562 g/mol. The van der Waals surface area contributed by atoms with Gasteiger partial charge in [0.25, 0.3) is 5.91 Å². The number of hydrogen-bond acceptors (Lipinski definition) is 5. The Kier molecular flexibility index (Phi) is 8.80. The fourth-order valence-corrected chi connectivity index (χ4v) is 5.40. The lowest BCUT2D eigenvalue weighted by molar-refractivity contribution is -0.114. The van der Waals surface area contributed by atoms with Gasteiger partial charge in [0, 0.05) is 32.7 Å². The Labute approximate surface area is 235 Å². The van der Waals surface area contributed by atoms with Crippen LogP contribution in [0.4, 0.5) is 11.4 Å². The van der Waals surface area contributed by atoms with Gasteiger partial charge in [0.05, 0.1) is 28.3 Å². The van der Waals surface area contributed by atoms with Crippen LogP contribution in [0.15, 0.2) is 94.7 Å². The van der Waals surface area contributed by atoms with E-state index in [1.165, 1.54) is 11.8 Å². The molecule has 3 N–H and O–H groups in total. The van der Waals surface area contributed by atoms with Gasteiger partial charge in [-0.05, 0) is 67.4 Å². The van der Waals surface area contributed by atoms with E-state index in [2.05, 4.69) is 22.0 Å². The summed E-state index contributed by atoms with van der Waals surface area (Å²) in [5.74, 6) is -1.26. The van der Waals surface area contributed by atoms with E-state index in [4.69, 9.17) is 23.2 Å². The molecule has 0 saturated carbocycles. The number of rotatable bonds is 7. The molecule has 0 spiro atoms. The third kappa shape index (κ3) is 6.40. The Morgan fingerprint density at radius 1 is 0.974 bits per heavy atom. The summed E-state index contributed by atoms with van der Waals surface area (Å²) in [4.78, 5) is 26.2. The molecular formula is C29H24Cl2N4O2S. The minimum atomic E-state index is -0.732. The molecule has 0 saturated heterocycles.